The monoisotopic (exact) mass is 593 g/mol. The summed E-state index contributed by atoms with van der Waals surface area (Å²) in [4.78, 5) is 15.8. The van der Waals surface area contributed by atoms with Crippen LogP contribution in [0.5, 0.6) is 5.75 Å². The number of esters is 1. The number of carbonyl (C=O) groups excluding carboxylic acids is 1. The highest BCUT2D eigenvalue weighted by Gasteiger charge is 2.42. The summed E-state index contributed by atoms with van der Waals surface area (Å²) in [6, 6.07) is 12.0. The van der Waals surface area contributed by atoms with Crippen LogP contribution in [-0.2, 0) is 20.6 Å². The number of anilines is 1. The van der Waals surface area contributed by atoms with Crippen molar-refractivity contribution >= 4 is 23.3 Å². The van der Waals surface area contributed by atoms with Crippen LogP contribution >= 0.6 is 11.6 Å². The van der Waals surface area contributed by atoms with E-state index in [0.717, 1.165) is 55.2 Å². The number of halogens is 1. The first kappa shape index (κ1) is 29.5. The lowest BCUT2D eigenvalue weighted by Crippen LogP contribution is -2.46. The van der Waals surface area contributed by atoms with E-state index in [4.69, 9.17) is 30.5 Å². The summed E-state index contributed by atoms with van der Waals surface area (Å²) in [5.74, 6) is 1.03. The predicted octanol–water partition coefficient (Wildman–Crippen LogP) is 7.58. The Labute approximate surface area is 255 Å². The smallest absolute Gasteiger partial charge is 0.340 e. The third kappa shape index (κ3) is 6.09. The molecule has 0 aromatic heterocycles. The number of rotatable bonds is 4. The summed E-state index contributed by atoms with van der Waals surface area (Å²) in [6.45, 7) is 8.60. The van der Waals surface area contributed by atoms with Crippen molar-refractivity contribution in [1.82, 2.24) is 0 Å². The molecule has 0 spiro atoms. The Kier molecular flexibility index (Phi) is 8.59. The average Bonchev–Trinajstić information content (AvgIpc) is 3.10. The minimum Gasteiger partial charge on any atom is -0.491 e. The highest BCUT2D eigenvalue weighted by atomic mass is 35.5. The number of carbonyl (C=O) groups is 1. The third-order valence-electron chi connectivity index (χ3n) is 9.64. The minimum atomic E-state index is -1.02. The second-order valence-corrected chi connectivity index (χ2v) is 13.4. The van der Waals surface area contributed by atoms with Gasteiger partial charge in [0.2, 0.25) is 5.79 Å². The van der Waals surface area contributed by atoms with Gasteiger partial charge in [-0.15, -0.1) is 0 Å². The van der Waals surface area contributed by atoms with Crippen LogP contribution in [0.3, 0.4) is 0 Å². The van der Waals surface area contributed by atoms with Gasteiger partial charge in [0.25, 0.3) is 0 Å². The number of nitrogens with zero attached hydrogens (tertiary/aromatic N) is 1. The molecule has 4 bridgehead atoms. The fourth-order valence-electron chi connectivity index (χ4n) is 7.28. The number of benzene rings is 2. The van der Waals surface area contributed by atoms with Crippen molar-refractivity contribution in [2.75, 3.05) is 38.3 Å². The Morgan fingerprint density at radius 1 is 1.10 bits per heavy atom. The number of hydrogen-bond acceptors (Lipinski definition) is 6. The Balaban J connectivity index is 1.37. The predicted molar refractivity (Wildman–Crippen MR) is 166 cm³/mol. The van der Waals surface area contributed by atoms with Crippen molar-refractivity contribution in [3.8, 4) is 5.75 Å². The van der Waals surface area contributed by atoms with Gasteiger partial charge in [0.15, 0.2) is 0 Å². The van der Waals surface area contributed by atoms with Crippen LogP contribution in [0, 0.1) is 17.8 Å². The van der Waals surface area contributed by atoms with Crippen LogP contribution in [0.2, 0.25) is 5.02 Å². The number of methoxy groups -OCH3 is 1. The summed E-state index contributed by atoms with van der Waals surface area (Å²) in [5, 5.41) is 0.770. The van der Waals surface area contributed by atoms with Crippen molar-refractivity contribution in [3.63, 3.8) is 0 Å². The third-order valence-corrected chi connectivity index (χ3v) is 9.88. The van der Waals surface area contributed by atoms with E-state index in [2.05, 4.69) is 30.0 Å². The minimum absolute atomic E-state index is 0.162. The first-order valence-corrected chi connectivity index (χ1v) is 16.0. The number of hydrogen-bond donors (Lipinski definition) is 0. The maximum absolute atomic E-state index is 13.4. The van der Waals surface area contributed by atoms with Crippen molar-refractivity contribution in [1.29, 1.82) is 0 Å². The van der Waals surface area contributed by atoms with E-state index in [-0.39, 0.29) is 18.0 Å². The molecule has 0 saturated heterocycles. The van der Waals surface area contributed by atoms with Crippen LogP contribution in [0.15, 0.2) is 48.0 Å². The van der Waals surface area contributed by atoms with Gasteiger partial charge in [0.05, 0.1) is 30.6 Å². The zero-order valence-electron chi connectivity index (χ0n) is 25.4. The van der Waals surface area contributed by atoms with E-state index in [1.165, 1.54) is 29.5 Å². The molecule has 3 heterocycles. The molecule has 1 saturated carbocycles. The highest BCUT2D eigenvalue weighted by molar-refractivity contribution is 6.30. The van der Waals surface area contributed by atoms with Crippen LogP contribution in [0.1, 0.15) is 80.3 Å². The molecule has 0 amide bonds. The van der Waals surface area contributed by atoms with Gasteiger partial charge < -0.3 is 23.8 Å². The Morgan fingerprint density at radius 3 is 2.67 bits per heavy atom. The second kappa shape index (κ2) is 12.2. The van der Waals surface area contributed by atoms with Crippen molar-refractivity contribution in [2.24, 2.45) is 17.8 Å². The lowest BCUT2D eigenvalue weighted by atomic mass is 9.65. The molecule has 42 heavy (non-hydrogen) atoms. The van der Waals surface area contributed by atoms with Crippen LogP contribution in [0.25, 0.3) is 0 Å². The first-order chi connectivity index (χ1) is 20.2. The van der Waals surface area contributed by atoms with Crippen LogP contribution in [-0.4, -0.2) is 51.3 Å². The van der Waals surface area contributed by atoms with E-state index in [0.29, 0.717) is 36.5 Å². The van der Waals surface area contributed by atoms with Gasteiger partial charge >= 0.3 is 5.97 Å². The molecule has 0 radical (unpaired) electrons. The standard InChI is InChI=1S/C35H44ClNO5/c1-5-6-23-17-28(36)9-11-29(23)27-20-37-19-25-7-10-30(25)33(39-4)26-15-22(16-26)13-14-41-35(2,3)42-34(38)24-8-12-32(40-21-27)31(37)18-24/h8-9,11-12,15,17-18,22,25,27,30,33H,5-7,10,13-14,16,19-21H2,1-4H3. The molecule has 3 aliphatic heterocycles. The molecule has 5 atom stereocenters. The molecule has 1 fully saturated rings. The van der Waals surface area contributed by atoms with E-state index < -0.39 is 5.79 Å². The van der Waals surface area contributed by atoms with Crippen molar-refractivity contribution < 1.29 is 23.7 Å². The van der Waals surface area contributed by atoms with Crippen LogP contribution in [0.4, 0.5) is 5.69 Å². The van der Waals surface area contributed by atoms with E-state index in [1.807, 2.05) is 45.2 Å². The Hall–Kier alpha value is -2.54. The van der Waals surface area contributed by atoms with Gasteiger partial charge in [0.1, 0.15) is 5.75 Å². The molecule has 2 aromatic rings. The van der Waals surface area contributed by atoms with Gasteiger partial charge in [-0.2, -0.15) is 0 Å². The molecule has 5 aliphatic rings. The first-order valence-electron chi connectivity index (χ1n) is 15.7. The molecule has 2 aliphatic carbocycles. The SMILES string of the molecule is CCCc1cc(Cl)ccc1C1COc2ccc3cc2N(C1)CC1CCC1C(OC)C1=CC(CCOC(C)(C)OC3=O)C1. The fourth-order valence-corrected chi connectivity index (χ4v) is 7.48. The summed E-state index contributed by atoms with van der Waals surface area (Å²) in [7, 11) is 1.86. The molecule has 5 unspecified atom stereocenters. The Bertz CT molecular complexity index is 1340. The summed E-state index contributed by atoms with van der Waals surface area (Å²) < 4.78 is 24.6. The quantitative estimate of drug-likeness (QED) is 0.269. The summed E-state index contributed by atoms with van der Waals surface area (Å²) >= 11 is 6.43. The molecule has 6 nitrogen and oxygen atoms in total. The normalized spacial score (nSPS) is 29.0. The van der Waals surface area contributed by atoms with Crippen LogP contribution < -0.4 is 9.64 Å². The van der Waals surface area contributed by atoms with E-state index >= 15 is 0 Å². The topological polar surface area (TPSA) is 57.2 Å². The van der Waals surface area contributed by atoms with E-state index in [1.54, 1.807) is 0 Å². The Morgan fingerprint density at radius 2 is 1.93 bits per heavy atom. The largest absolute Gasteiger partial charge is 0.491 e. The lowest BCUT2D eigenvalue weighted by Gasteiger charge is -2.46. The van der Waals surface area contributed by atoms with Gasteiger partial charge in [-0.05, 0) is 96.9 Å². The van der Waals surface area contributed by atoms with Gasteiger partial charge in [-0.25, -0.2) is 4.79 Å². The molecular weight excluding hydrogens is 550 g/mol. The molecule has 226 valence electrons. The fraction of sp³-hybridized carbons (Fsp3) is 0.571. The molecule has 7 heteroatoms. The second-order valence-electron chi connectivity index (χ2n) is 13.0. The number of fused-ring (bicyclic) bond motifs is 5. The molecule has 0 N–H and O–H groups in total. The molecule has 2 aromatic carbocycles. The number of ether oxygens (including phenoxy) is 4. The maximum atomic E-state index is 13.4. The molecule has 7 rings (SSSR count). The lowest BCUT2D eigenvalue weighted by molar-refractivity contribution is -0.180. The highest BCUT2D eigenvalue weighted by Crippen LogP contribution is 2.47. The maximum Gasteiger partial charge on any atom is 0.340 e. The zero-order chi connectivity index (χ0) is 29.4. The summed E-state index contributed by atoms with van der Waals surface area (Å²) in [5.41, 5.74) is 5.46. The molecular formula is C35H44ClNO5. The van der Waals surface area contributed by atoms with Crippen molar-refractivity contribution in [3.05, 3.63) is 69.8 Å². The van der Waals surface area contributed by atoms with Crippen molar-refractivity contribution in [2.45, 2.75) is 77.1 Å². The zero-order valence-corrected chi connectivity index (χ0v) is 26.1. The van der Waals surface area contributed by atoms with Gasteiger partial charge in [-0.1, -0.05) is 37.1 Å². The number of aryl methyl sites for hydroxylation is 1. The average molecular weight is 594 g/mol. The number of allylic oxidation sites excluding steroid dienone is 1. The van der Waals surface area contributed by atoms with Gasteiger partial charge in [0, 0.05) is 45.0 Å². The summed E-state index contributed by atoms with van der Waals surface area (Å²) in [6.07, 6.45) is 8.88. The van der Waals surface area contributed by atoms with E-state index in [9.17, 15) is 4.79 Å². The van der Waals surface area contributed by atoms with Gasteiger partial charge in [-0.3, -0.25) is 0 Å².